The maximum Gasteiger partial charge on any atom is 0.295 e. The highest BCUT2D eigenvalue weighted by Gasteiger charge is 2.45. The van der Waals surface area contributed by atoms with Crippen LogP contribution < -0.4 is 0 Å². The maximum atomic E-state index is 12.9. The fourth-order valence-electron chi connectivity index (χ4n) is 3.66. The van der Waals surface area contributed by atoms with Crippen molar-refractivity contribution < 1.29 is 24.4 Å². The number of nitrogens with zero attached hydrogens (tertiary/aromatic N) is 2. The van der Waals surface area contributed by atoms with Gasteiger partial charge in [0.05, 0.1) is 22.6 Å². The van der Waals surface area contributed by atoms with Crippen LogP contribution in [-0.4, -0.2) is 45.9 Å². The molecule has 1 fully saturated rings. The monoisotopic (exact) mass is 438 g/mol. The molecule has 0 bridgehead atoms. The molecular weight excluding hydrogens is 412 g/mol. The van der Waals surface area contributed by atoms with Gasteiger partial charge in [-0.15, -0.1) is 0 Å². The van der Waals surface area contributed by atoms with Gasteiger partial charge in [0.2, 0.25) is 0 Å². The lowest BCUT2D eigenvalue weighted by Crippen LogP contribution is -2.31. The van der Waals surface area contributed by atoms with Gasteiger partial charge < -0.3 is 14.7 Å². The fraction of sp³-hybridized carbons (Fsp3) is 0.333. The van der Waals surface area contributed by atoms with Crippen molar-refractivity contribution in [2.45, 2.75) is 39.3 Å². The molecule has 0 radical (unpaired) electrons. The standard InChI is InChI=1S/C24H26N2O6/c1-15(2)32-14-4-13-25-21(17-7-5-16(3)6-8-17)20(23(28)24(25)29)22(27)18-9-11-19(12-10-18)26(30)31/h5-12,15,21,27H,4,13-14H2,1-3H3/t21-/m0/s1. The van der Waals surface area contributed by atoms with E-state index in [4.69, 9.17) is 4.74 Å². The number of carbonyl (C=O) groups is 2. The first kappa shape index (κ1) is 23.1. The lowest BCUT2D eigenvalue weighted by Gasteiger charge is -2.25. The molecule has 2 aromatic carbocycles. The highest BCUT2D eigenvalue weighted by molar-refractivity contribution is 6.46. The van der Waals surface area contributed by atoms with Crippen molar-refractivity contribution in [3.63, 3.8) is 0 Å². The van der Waals surface area contributed by atoms with Crippen LogP contribution in [0.2, 0.25) is 0 Å². The Morgan fingerprint density at radius 2 is 1.75 bits per heavy atom. The van der Waals surface area contributed by atoms with Gasteiger partial charge in [-0.3, -0.25) is 19.7 Å². The minimum atomic E-state index is -0.781. The Labute approximate surface area is 186 Å². The molecule has 8 nitrogen and oxygen atoms in total. The van der Waals surface area contributed by atoms with Crippen LogP contribution in [0.4, 0.5) is 5.69 Å². The number of ketones is 1. The molecule has 0 unspecified atom stereocenters. The van der Waals surface area contributed by atoms with Crippen LogP contribution in [0.25, 0.3) is 5.76 Å². The molecule has 1 aliphatic rings. The number of rotatable bonds is 8. The van der Waals surface area contributed by atoms with Gasteiger partial charge in [0.15, 0.2) is 0 Å². The molecule has 1 saturated heterocycles. The molecule has 1 amide bonds. The Morgan fingerprint density at radius 3 is 2.31 bits per heavy atom. The summed E-state index contributed by atoms with van der Waals surface area (Å²) in [6.45, 7) is 6.49. The predicted molar refractivity (Wildman–Crippen MR) is 119 cm³/mol. The first-order valence-electron chi connectivity index (χ1n) is 10.4. The molecule has 0 spiro atoms. The number of aryl methyl sites for hydroxylation is 1. The Hall–Kier alpha value is -3.52. The van der Waals surface area contributed by atoms with Gasteiger partial charge in [-0.2, -0.15) is 0 Å². The van der Waals surface area contributed by atoms with E-state index in [-0.39, 0.29) is 35.2 Å². The lowest BCUT2D eigenvalue weighted by atomic mass is 9.94. The third-order valence-electron chi connectivity index (χ3n) is 5.28. The molecule has 1 heterocycles. The normalized spacial score (nSPS) is 17.9. The fourth-order valence-corrected chi connectivity index (χ4v) is 3.66. The van der Waals surface area contributed by atoms with Gasteiger partial charge in [-0.1, -0.05) is 29.8 Å². The van der Waals surface area contributed by atoms with Gasteiger partial charge in [0.25, 0.3) is 17.4 Å². The summed E-state index contributed by atoms with van der Waals surface area (Å²) in [5.74, 6) is -1.83. The summed E-state index contributed by atoms with van der Waals surface area (Å²) in [6.07, 6.45) is 0.589. The van der Waals surface area contributed by atoms with Crippen LogP contribution >= 0.6 is 0 Å². The Morgan fingerprint density at radius 1 is 1.12 bits per heavy atom. The molecule has 0 aromatic heterocycles. The SMILES string of the molecule is Cc1ccc([C@H]2C(=C(O)c3ccc([N+](=O)[O-])cc3)C(=O)C(=O)N2CCCOC(C)C)cc1. The van der Waals surface area contributed by atoms with Crippen LogP contribution in [0.1, 0.15) is 43.0 Å². The zero-order valence-electron chi connectivity index (χ0n) is 18.3. The van der Waals surface area contributed by atoms with E-state index >= 15 is 0 Å². The Bertz CT molecular complexity index is 1040. The Kier molecular flexibility index (Phi) is 7.05. The van der Waals surface area contributed by atoms with E-state index < -0.39 is 22.7 Å². The van der Waals surface area contributed by atoms with Crippen LogP contribution in [0.3, 0.4) is 0 Å². The number of nitro groups is 1. The third-order valence-corrected chi connectivity index (χ3v) is 5.28. The lowest BCUT2D eigenvalue weighted by molar-refractivity contribution is -0.384. The number of likely N-dealkylation sites (tertiary alicyclic amines) is 1. The third kappa shape index (κ3) is 4.86. The number of aliphatic hydroxyl groups is 1. The molecule has 0 saturated carbocycles. The van der Waals surface area contributed by atoms with Gasteiger partial charge in [0, 0.05) is 30.8 Å². The van der Waals surface area contributed by atoms with E-state index in [1.165, 1.54) is 29.2 Å². The summed E-state index contributed by atoms with van der Waals surface area (Å²) in [6, 6.07) is 11.9. The number of ether oxygens (including phenoxy) is 1. The number of hydrogen-bond acceptors (Lipinski definition) is 6. The van der Waals surface area contributed by atoms with E-state index in [2.05, 4.69) is 0 Å². The summed E-state index contributed by atoms with van der Waals surface area (Å²) in [7, 11) is 0. The van der Waals surface area contributed by atoms with Crippen molar-refractivity contribution in [1.82, 2.24) is 4.90 Å². The Balaban J connectivity index is 2.02. The average Bonchev–Trinajstić information content (AvgIpc) is 3.01. The maximum absolute atomic E-state index is 12.9. The first-order valence-corrected chi connectivity index (χ1v) is 10.4. The summed E-state index contributed by atoms with van der Waals surface area (Å²) in [5, 5.41) is 21.9. The average molecular weight is 438 g/mol. The molecule has 1 atom stereocenters. The smallest absolute Gasteiger partial charge is 0.295 e. The van der Waals surface area contributed by atoms with E-state index in [1.807, 2.05) is 45.0 Å². The number of aliphatic hydroxyl groups excluding tert-OH is 1. The highest BCUT2D eigenvalue weighted by Crippen LogP contribution is 2.39. The minimum Gasteiger partial charge on any atom is -0.507 e. The second-order valence-electron chi connectivity index (χ2n) is 7.98. The van der Waals surface area contributed by atoms with E-state index in [0.717, 1.165) is 5.56 Å². The summed E-state index contributed by atoms with van der Waals surface area (Å²) in [5.41, 5.74) is 1.78. The first-order chi connectivity index (χ1) is 15.2. The van der Waals surface area contributed by atoms with Gasteiger partial charge in [0.1, 0.15) is 5.76 Å². The summed E-state index contributed by atoms with van der Waals surface area (Å²) >= 11 is 0. The van der Waals surface area contributed by atoms with E-state index in [0.29, 0.717) is 18.6 Å². The highest BCUT2D eigenvalue weighted by atomic mass is 16.6. The molecule has 1 N–H and O–H groups in total. The molecule has 168 valence electrons. The molecule has 2 aromatic rings. The molecular formula is C24H26N2O6. The second-order valence-corrected chi connectivity index (χ2v) is 7.98. The number of nitro benzene ring substituents is 1. The number of hydrogen-bond donors (Lipinski definition) is 1. The van der Waals surface area contributed by atoms with Crippen LogP contribution in [-0.2, 0) is 14.3 Å². The van der Waals surface area contributed by atoms with Crippen molar-refractivity contribution >= 4 is 23.1 Å². The van der Waals surface area contributed by atoms with Crippen molar-refractivity contribution in [1.29, 1.82) is 0 Å². The summed E-state index contributed by atoms with van der Waals surface area (Å²) in [4.78, 5) is 37.7. The van der Waals surface area contributed by atoms with Gasteiger partial charge in [-0.05, 0) is 44.9 Å². The van der Waals surface area contributed by atoms with Crippen molar-refractivity contribution in [3.8, 4) is 0 Å². The quantitative estimate of drug-likeness (QED) is 0.166. The number of amides is 1. The largest absolute Gasteiger partial charge is 0.507 e. The minimum absolute atomic E-state index is 0.0301. The molecule has 1 aliphatic heterocycles. The second kappa shape index (κ2) is 9.74. The van der Waals surface area contributed by atoms with E-state index in [1.54, 1.807) is 0 Å². The van der Waals surface area contributed by atoms with E-state index in [9.17, 15) is 24.8 Å². The molecule has 8 heteroatoms. The number of carbonyl (C=O) groups excluding carboxylic acids is 2. The number of Topliss-reactive ketones (excluding diaryl/α,β-unsaturated/α-hetero) is 1. The van der Waals surface area contributed by atoms with Crippen LogP contribution in [0, 0.1) is 17.0 Å². The molecule has 32 heavy (non-hydrogen) atoms. The predicted octanol–water partition coefficient (Wildman–Crippen LogP) is 4.14. The van der Waals surface area contributed by atoms with Crippen LogP contribution in [0.5, 0.6) is 0 Å². The molecule has 3 rings (SSSR count). The van der Waals surface area contributed by atoms with Crippen molar-refractivity contribution in [2.75, 3.05) is 13.2 Å². The number of benzene rings is 2. The zero-order chi connectivity index (χ0) is 23.4. The van der Waals surface area contributed by atoms with Crippen molar-refractivity contribution in [3.05, 3.63) is 80.9 Å². The van der Waals surface area contributed by atoms with Gasteiger partial charge in [-0.25, -0.2) is 0 Å². The van der Waals surface area contributed by atoms with Crippen LogP contribution in [0.15, 0.2) is 54.1 Å². The topological polar surface area (TPSA) is 110 Å². The zero-order valence-corrected chi connectivity index (χ0v) is 18.3. The van der Waals surface area contributed by atoms with Crippen molar-refractivity contribution in [2.24, 2.45) is 0 Å². The summed E-state index contributed by atoms with van der Waals surface area (Å²) < 4.78 is 5.56. The van der Waals surface area contributed by atoms with Gasteiger partial charge >= 0.3 is 0 Å². The molecule has 0 aliphatic carbocycles. The number of non-ortho nitro benzene ring substituents is 1.